The van der Waals surface area contributed by atoms with Crippen molar-refractivity contribution < 1.29 is 0 Å². The molecular weight excluding hydrogens is 202 g/mol. The van der Waals surface area contributed by atoms with Crippen molar-refractivity contribution in [2.45, 2.75) is 38.0 Å². The van der Waals surface area contributed by atoms with Crippen LogP contribution >= 0.6 is 11.3 Å². The zero-order valence-electron chi connectivity index (χ0n) is 9.38. The number of thiophene rings is 1. The summed E-state index contributed by atoms with van der Waals surface area (Å²) in [6, 6.07) is 4.68. The van der Waals surface area contributed by atoms with E-state index in [2.05, 4.69) is 24.4 Å². The first-order chi connectivity index (χ1) is 7.31. The van der Waals surface area contributed by atoms with Crippen molar-refractivity contribution in [1.82, 2.24) is 5.32 Å². The summed E-state index contributed by atoms with van der Waals surface area (Å²) in [4.78, 5) is 3.14. The summed E-state index contributed by atoms with van der Waals surface area (Å²) in [6.45, 7) is 4.71. The quantitative estimate of drug-likeness (QED) is 0.809. The van der Waals surface area contributed by atoms with E-state index in [1.165, 1.54) is 43.6 Å². The lowest BCUT2D eigenvalue weighted by molar-refractivity contribution is 0.161. The molecule has 2 fully saturated rings. The summed E-state index contributed by atoms with van der Waals surface area (Å²) in [5, 5.41) is 3.53. The van der Waals surface area contributed by atoms with E-state index in [1.54, 1.807) is 4.88 Å². The fraction of sp³-hybridized carbons (Fsp3) is 0.692. The second kappa shape index (κ2) is 3.60. The molecule has 1 unspecified atom stereocenters. The largest absolute Gasteiger partial charge is 0.316 e. The molecule has 82 valence electrons. The first kappa shape index (κ1) is 9.86. The molecule has 3 rings (SSSR count). The van der Waals surface area contributed by atoms with Crippen molar-refractivity contribution in [3.05, 3.63) is 21.9 Å². The summed E-state index contributed by atoms with van der Waals surface area (Å²) < 4.78 is 0. The van der Waals surface area contributed by atoms with Gasteiger partial charge in [0.05, 0.1) is 0 Å². The van der Waals surface area contributed by atoms with Gasteiger partial charge in [0.2, 0.25) is 0 Å². The zero-order chi connectivity index (χ0) is 10.3. The third kappa shape index (κ3) is 1.46. The lowest BCUT2D eigenvalue weighted by Gasteiger charge is -2.46. The molecule has 2 heteroatoms. The lowest BCUT2D eigenvalue weighted by atomic mass is 9.60. The minimum Gasteiger partial charge on any atom is -0.316 e. The molecule has 1 aliphatic heterocycles. The Labute approximate surface area is 95.9 Å². The molecule has 1 aromatic heterocycles. The Morgan fingerprint density at radius 2 is 2.27 bits per heavy atom. The standard InChI is InChI=1S/C13H19NS/c1-10-3-4-12(15-10)13(6-2-7-13)11-5-8-14-9-11/h3-4,11,14H,2,5-9H2,1H3. The molecule has 0 aromatic carbocycles. The van der Waals surface area contributed by atoms with Crippen LogP contribution < -0.4 is 5.32 Å². The number of rotatable bonds is 2. The van der Waals surface area contributed by atoms with Gasteiger partial charge >= 0.3 is 0 Å². The van der Waals surface area contributed by atoms with Gasteiger partial charge in [0.15, 0.2) is 0 Å². The van der Waals surface area contributed by atoms with Crippen LogP contribution in [-0.4, -0.2) is 13.1 Å². The van der Waals surface area contributed by atoms with E-state index in [0.29, 0.717) is 5.41 Å². The van der Waals surface area contributed by atoms with Crippen molar-refractivity contribution in [3.8, 4) is 0 Å². The van der Waals surface area contributed by atoms with E-state index in [1.807, 2.05) is 11.3 Å². The molecule has 0 amide bonds. The molecule has 1 aliphatic carbocycles. The van der Waals surface area contributed by atoms with Gasteiger partial charge in [-0.2, -0.15) is 0 Å². The smallest absolute Gasteiger partial charge is 0.0113 e. The topological polar surface area (TPSA) is 12.0 Å². The summed E-state index contributed by atoms with van der Waals surface area (Å²) in [7, 11) is 0. The van der Waals surface area contributed by atoms with E-state index in [-0.39, 0.29) is 0 Å². The maximum absolute atomic E-state index is 3.53. The highest BCUT2D eigenvalue weighted by atomic mass is 32.1. The molecule has 1 atom stereocenters. The van der Waals surface area contributed by atoms with E-state index in [9.17, 15) is 0 Å². The zero-order valence-corrected chi connectivity index (χ0v) is 10.2. The molecule has 2 heterocycles. The maximum Gasteiger partial charge on any atom is 0.0113 e. The average molecular weight is 221 g/mol. The van der Waals surface area contributed by atoms with E-state index in [4.69, 9.17) is 0 Å². The highest BCUT2D eigenvalue weighted by molar-refractivity contribution is 7.12. The fourth-order valence-corrected chi connectivity index (χ4v) is 4.44. The van der Waals surface area contributed by atoms with E-state index >= 15 is 0 Å². The lowest BCUT2D eigenvalue weighted by Crippen LogP contribution is -2.42. The molecule has 1 saturated carbocycles. The summed E-state index contributed by atoms with van der Waals surface area (Å²) in [6.07, 6.45) is 5.68. The normalized spacial score (nSPS) is 29.0. The van der Waals surface area contributed by atoms with Gasteiger partial charge in [0.25, 0.3) is 0 Å². The van der Waals surface area contributed by atoms with Gasteiger partial charge in [-0.25, -0.2) is 0 Å². The van der Waals surface area contributed by atoms with Crippen LogP contribution in [0.4, 0.5) is 0 Å². The molecule has 1 aromatic rings. The summed E-state index contributed by atoms with van der Waals surface area (Å²) in [5.74, 6) is 0.907. The van der Waals surface area contributed by atoms with Gasteiger partial charge in [-0.3, -0.25) is 0 Å². The van der Waals surface area contributed by atoms with Gasteiger partial charge in [-0.1, -0.05) is 6.42 Å². The Bertz CT molecular complexity index is 345. The average Bonchev–Trinajstić information content (AvgIpc) is 2.75. The Balaban J connectivity index is 1.91. The first-order valence-electron chi connectivity index (χ1n) is 6.09. The van der Waals surface area contributed by atoms with Crippen molar-refractivity contribution in [2.24, 2.45) is 5.92 Å². The molecule has 1 saturated heterocycles. The first-order valence-corrected chi connectivity index (χ1v) is 6.90. The summed E-state index contributed by atoms with van der Waals surface area (Å²) >= 11 is 2.03. The molecule has 0 spiro atoms. The van der Waals surface area contributed by atoms with Crippen LogP contribution in [0, 0.1) is 12.8 Å². The predicted molar refractivity (Wildman–Crippen MR) is 65.6 cm³/mol. The Hall–Kier alpha value is -0.340. The number of hydrogen-bond acceptors (Lipinski definition) is 2. The number of nitrogens with one attached hydrogen (secondary N) is 1. The van der Waals surface area contributed by atoms with E-state index < -0.39 is 0 Å². The minimum atomic E-state index is 0.572. The van der Waals surface area contributed by atoms with Gasteiger partial charge < -0.3 is 5.32 Å². The minimum absolute atomic E-state index is 0.572. The Morgan fingerprint density at radius 3 is 2.73 bits per heavy atom. The third-order valence-corrected chi connectivity index (χ3v) is 5.54. The van der Waals surface area contributed by atoms with Crippen molar-refractivity contribution >= 4 is 11.3 Å². The van der Waals surface area contributed by atoms with Crippen LogP contribution in [0.15, 0.2) is 12.1 Å². The second-order valence-corrected chi connectivity index (χ2v) is 6.40. The number of aryl methyl sites for hydroxylation is 1. The van der Waals surface area contributed by atoms with Crippen LogP contribution in [0.1, 0.15) is 35.4 Å². The Kier molecular flexibility index (Phi) is 2.37. The Morgan fingerprint density at radius 1 is 1.40 bits per heavy atom. The fourth-order valence-electron chi connectivity index (χ4n) is 3.24. The SMILES string of the molecule is Cc1ccc(C2(C3CCNC3)CCC2)s1. The van der Waals surface area contributed by atoms with E-state index in [0.717, 1.165) is 5.92 Å². The molecule has 1 nitrogen and oxygen atoms in total. The monoisotopic (exact) mass is 221 g/mol. The second-order valence-electron chi connectivity index (χ2n) is 5.11. The van der Waals surface area contributed by atoms with Crippen LogP contribution in [0.5, 0.6) is 0 Å². The third-order valence-electron chi connectivity index (χ3n) is 4.32. The highest BCUT2D eigenvalue weighted by Crippen LogP contribution is 2.52. The molecular formula is C13H19NS. The molecule has 0 bridgehead atoms. The van der Waals surface area contributed by atoms with Gasteiger partial charge in [0.1, 0.15) is 0 Å². The van der Waals surface area contributed by atoms with Gasteiger partial charge in [-0.15, -0.1) is 11.3 Å². The highest BCUT2D eigenvalue weighted by Gasteiger charge is 2.46. The van der Waals surface area contributed by atoms with Crippen molar-refractivity contribution in [2.75, 3.05) is 13.1 Å². The van der Waals surface area contributed by atoms with Crippen LogP contribution in [0.2, 0.25) is 0 Å². The van der Waals surface area contributed by atoms with Crippen molar-refractivity contribution in [3.63, 3.8) is 0 Å². The number of hydrogen-bond donors (Lipinski definition) is 1. The summed E-state index contributed by atoms with van der Waals surface area (Å²) in [5.41, 5.74) is 0.572. The van der Waals surface area contributed by atoms with Gasteiger partial charge in [0, 0.05) is 15.2 Å². The predicted octanol–water partition coefficient (Wildman–Crippen LogP) is 3.09. The molecule has 0 radical (unpaired) electrons. The van der Waals surface area contributed by atoms with Crippen LogP contribution in [-0.2, 0) is 5.41 Å². The maximum atomic E-state index is 3.53. The molecule has 2 aliphatic rings. The van der Waals surface area contributed by atoms with Crippen LogP contribution in [0.3, 0.4) is 0 Å². The molecule has 1 N–H and O–H groups in total. The van der Waals surface area contributed by atoms with Crippen molar-refractivity contribution in [1.29, 1.82) is 0 Å². The molecule has 15 heavy (non-hydrogen) atoms. The van der Waals surface area contributed by atoms with Crippen LogP contribution in [0.25, 0.3) is 0 Å². The van der Waals surface area contributed by atoms with Gasteiger partial charge in [-0.05, 0) is 57.3 Å².